The highest BCUT2D eigenvalue weighted by molar-refractivity contribution is 6.06. The number of hydrogen-bond acceptors (Lipinski definition) is 5. The minimum Gasteiger partial charge on any atom is -0.491 e. The Hall–Kier alpha value is -2.87. The minimum atomic E-state index is -0.518. The summed E-state index contributed by atoms with van der Waals surface area (Å²) >= 11 is 0. The van der Waals surface area contributed by atoms with Gasteiger partial charge in [-0.2, -0.15) is 0 Å². The second kappa shape index (κ2) is 10.9. The Bertz CT molecular complexity index is 1230. The molecule has 7 nitrogen and oxygen atoms in total. The molecular formula is C30H39N3O4. The highest BCUT2D eigenvalue weighted by Crippen LogP contribution is 2.30. The molecule has 0 radical (unpaired) electrons. The molecular weight excluding hydrogens is 466 g/mol. The molecule has 1 saturated carbocycles. The first-order valence-electron chi connectivity index (χ1n) is 13.5. The maximum absolute atomic E-state index is 13.0. The molecule has 2 aliphatic rings. The van der Waals surface area contributed by atoms with Gasteiger partial charge in [0.2, 0.25) is 0 Å². The number of nitrogens with zero attached hydrogens (tertiary/aromatic N) is 1. The Morgan fingerprint density at radius 1 is 1.16 bits per heavy atom. The van der Waals surface area contributed by atoms with E-state index in [0.29, 0.717) is 18.2 Å². The number of fused-ring (bicyclic) bond motifs is 1. The van der Waals surface area contributed by atoms with Crippen LogP contribution in [0.3, 0.4) is 0 Å². The van der Waals surface area contributed by atoms with Crippen LogP contribution in [0, 0.1) is 6.92 Å². The third-order valence-electron chi connectivity index (χ3n) is 8.05. The van der Waals surface area contributed by atoms with E-state index in [1.165, 1.54) is 5.69 Å². The van der Waals surface area contributed by atoms with Gasteiger partial charge >= 0.3 is 0 Å². The van der Waals surface area contributed by atoms with Gasteiger partial charge in [0.25, 0.3) is 5.91 Å². The molecule has 0 spiro atoms. The fourth-order valence-corrected chi connectivity index (χ4v) is 5.47. The average molecular weight is 506 g/mol. The highest BCUT2D eigenvalue weighted by atomic mass is 16.5. The summed E-state index contributed by atoms with van der Waals surface area (Å²) < 4.78 is 13.6. The van der Waals surface area contributed by atoms with E-state index in [1.807, 2.05) is 25.1 Å². The van der Waals surface area contributed by atoms with Crippen LogP contribution in [0.2, 0.25) is 0 Å². The molecule has 1 atom stereocenters. The van der Waals surface area contributed by atoms with Crippen LogP contribution in [0.1, 0.15) is 67.1 Å². The summed E-state index contributed by atoms with van der Waals surface area (Å²) in [6, 6.07) is 14.0. The molecule has 1 aliphatic heterocycles. The number of anilines is 1. The quantitative estimate of drug-likeness (QED) is 0.398. The molecule has 1 saturated heterocycles. The largest absolute Gasteiger partial charge is 0.491 e. The number of ether oxygens (including phenoxy) is 2. The second-order valence-corrected chi connectivity index (χ2v) is 10.9. The summed E-state index contributed by atoms with van der Waals surface area (Å²) in [6.07, 6.45) is 5.96. The highest BCUT2D eigenvalue weighted by Gasteiger charge is 2.28. The Balaban J connectivity index is 1.21. The minimum absolute atomic E-state index is 0.140. The summed E-state index contributed by atoms with van der Waals surface area (Å²) in [7, 11) is 2.09. The van der Waals surface area contributed by atoms with E-state index in [-0.39, 0.29) is 12.0 Å². The van der Waals surface area contributed by atoms with E-state index in [9.17, 15) is 9.90 Å². The predicted molar refractivity (Wildman–Crippen MR) is 146 cm³/mol. The summed E-state index contributed by atoms with van der Waals surface area (Å²) in [6.45, 7) is 6.12. The van der Waals surface area contributed by atoms with E-state index in [2.05, 4.69) is 41.3 Å². The lowest BCUT2D eigenvalue weighted by Gasteiger charge is -2.33. The molecule has 0 unspecified atom stereocenters. The molecule has 7 heteroatoms. The van der Waals surface area contributed by atoms with Gasteiger partial charge in [0, 0.05) is 54.1 Å². The molecule has 0 bridgehead atoms. The molecule has 37 heavy (non-hydrogen) atoms. The van der Waals surface area contributed by atoms with Crippen LogP contribution in [0.5, 0.6) is 5.75 Å². The second-order valence-electron chi connectivity index (χ2n) is 10.9. The molecule has 2 fully saturated rings. The van der Waals surface area contributed by atoms with Gasteiger partial charge in [0.1, 0.15) is 12.4 Å². The van der Waals surface area contributed by atoms with E-state index in [1.54, 1.807) is 12.1 Å². The number of aromatic nitrogens is 1. The van der Waals surface area contributed by atoms with Crippen LogP contribution < -0.4 is 15.4 Å². The van der Waals surface area contributed by atoms with Crippen molar-refractivity contribution < 1.29 is 19.4 Å². The van der Waals surface area contributed by atoms with Crippen molar-refractivity contribution in [2.75, 3.05) is 18.5 Å². The predicted octanol–water partition coefficient (Wildman–Crippen LogP) is 5.08. The Kier molecular flexibility index (Phi) is 7.56. The molecule has 1 aromatic heterocycles. The van der Waals surface area contributed by atoms with Gasteiger partial charge in [-0.3, -0.25) is 4.79 Å². The first kappa shape index (κ1) is 25.8. The number of aryl methyl sites for hydroxylation is 2. The molecule has 1 aliphatic carbocycles. The molecule has 198 valence electrons. The third kappa shape index (κ3) is 6.00. The SMILES string of the molecule is Cc1c(NC(=O)c2ccc(OC[C@@H]3CCCO3)cc2)ccc2c1cc(CNC1CCC(C)(O)CC1)n2C. The van der Waals surface area contributed by atoms with Crippen molar-refractivity contribution in [3.63, 3.8) is 0 Å². The van der Waals surface area contributed by atoms with Crippen molar-refractivity contribution in [2.45, 2.75) is 76.7 Å². The van der Waals surface area contributed by atoms with Crippen molar-refractivity contribution in [1.82, 2.24) is 9.88 Å². The van der Waals surface area contributed by atoms with Gasteiger partial charge in [0.05, 0.1) is 11.7 Å². The fourth-order valence-electron chi connectivity index (χ4n) is 5.47. The van der Waals surface area contributed by atoms with Gasteiger partial charge in [-0.25, -0.2) is 0 Å². The van der Waals surface area contributed by atoms with Crippen molar-refractivity contribution in [3.8, 4) is 5.75 Å². The number of benzene rings is 2. The number of aliphatic hydroxyl groups is 1. The first-order chi connectivity index (χ1) is 17.8. The lowest BCUT2D eigenvalue weighted by atomic mass is 9.83. The summed E-state index contributed by atoms with van der Waals surface area (Å²) in [4.78, 5) is 13.0. The van der Waals surface area contributed by atoms with Gasteiger partial charge in [-0.05, 0) is 100 Å². The molecule has 3 aromatic rings. The van der Waals surface area contributed by atoms with Crippen molar-refractivity contribution in [3.05, 3.63) is 59.3 Å². The van der Waals surface area contributed by atoms with Gasteiger partial charge in [0.15, 0.2) is 0 Å². The number of nitrogens with one attached hydrogen (secondary N) is 2. The first-order valence-corrected chi connectivity index (χ1v) is 13.5. The lowest BCUT2D eigenvalue weighted by molar-refractivity contribution is 0.0139. The van der Waals surface area contributed by atoms with Gasteiger partial charge < -0.3 is 29.8 Å². The molecule has 2 aromatic carbocycles. The number of amides is 1. The van der Waals surface area contributed by atoms with Crippen molar-refractivity contribution in [2.24, 2.45) is 7.05 Å². The Morgan fingerprint density at radius 3 is 2.62 bits per heavy atom. The van der Waals surface area contributed by atoms with Crippen LogP contribution in [-0.4, -0.2) is 46.5 Å². The maximum atomic E-state index is 13.0. The Morgan fingerprint density at radius 2 is 1.92 bits per heavy atom. The molecule has 2 heterocycles. The van der Waals surface area contributed by atoms with E-state index in [0.717, 1.165) is 79.6 Å². The van der Waals surface area contributed by atoms with Gasteiger partial charge in [-0.15, -0.1) is 0 Å². The zero-order valence-corrected chi connectivity index (χ0v) is 22.2. The number of carbonyl (C=O) groups excluding carboxylic acids is 1. The van der Waals surface area contributed by atoms with Crippen molar-refractivity contribution in [1.29, 1.82) is 0 Å². The average Bonchev–Trinajstić information content (AvgIpc) is 3.52. The van der Waals surface area contributed by atoms with Crippen LogP contribution >= 0.6 is 0 Å². The van der Waals surface area contributed by atoms with Crippen LogP contribution in [0.15, 0.2) is 42.5 Å². The van der Waals surface area contributed by atoms with Gasteiger partial charge in [-0.1, -0.05) is 0 Å². The van der Waals surface area contributed by atoms with Crippen molar-refractivity contribution >= 4 is 22.5 Å². The summed E-state index contributed by atoms with van der Waals surface area (Å²) in [5.41, 5.74) is 4.29. The smallest absolute Gasteiger partial charge is 0.255 e. The third-order valence-corrected chi connectivity index (χ3v) is 8.05. The van der Waals surface area contributed by atoms with E-state index >= 15 is 0 Å². The number of hydrogen-bond donors (Lipinski definition) is 3. The normalized spacial score (nSPS) is 23.9. The standard InChI is InChI=1S/C30H39N3O4/c1-20-26-17-23(18-31-22-12-14-30(2,35)15-13-22)33(3)28(26)11-10-27(20)32-29(34)21-6-8-24(9-7-21)37-19-25-5-4-16-36-25/h6-11,17,22,25,31,35H,4-5,12-16,18-19H2,1-3H3,(H,32,34)/t22?,25-,30?/m0/s1. The van der Waals surface area contributed by atoms with Crippen LogP contribution in [-0.2, 0) is 18.3 Å². The lowest BCUT2D eigenvalue weighted by Crippen LogP contribution is -2.39. The summed E-state index contributed by atoms with van der Waals surface area (Å²) in [5, 5.41) is 18.1. The van der Waals surface area contributed by atoms with E-state index < -0.39 is 5.60 Å². The fraction of sp³-hybridized carbons (Fsp3) is 0.500. The maximum Gasteiger partial charge on any atom is 0.255 e. The van der Waals surface area contributed by atoms with E-state index in [4.69, 9.17) is 9.47 Å². The molecule has 3 N–H and O–H groups in total. The topological polar surface area (TPSA) is 84.8 Å². The zero-order chi connectivity index (χ0) is 26.0. The zero-order valence-electron chi connectivity index (χ0n) is 22.2. The molecule has 5 rings (SSSR count). The van der Waals surface area contributed by atoms with Crippen LogP contribution in [0.25, 0.3) is 10.9 Å². The summed E-state index contributed by atoms with van der Waals surface area (Å²) in [5.74, 6) is 0.604. The number of rotatable bonds is 8. The monoisotopic (exact) mass is 505 g/mol. The van der Waals surface area contributed by atoms with Crippen LogP contribution in [0.4, 0.5) is 5.69 Å². The molecule has 1 amide bonds. The number of carbonyl (C=O) groups is 1. The Labute approximate surface area is 219 Å².